The van der Waals surface area contributed by atoms with Gasteiger partial charge in [0, 0.05) is 15.0 Å². The Morgan fingerprint density at radius 3 is 2.04 bits per heavy atom. The maximum Gasteiger partial charge on any atom is 0.172 e. The topological polar surface area (TPSA) is 20.2 Å². The SMILES string of the molecule is CCCc1c(S)c(CC2CCCCC2)c(CC2CCCCC2)c2sc(O)cc12. The van der Waals surface area contributed by atoms with E-state index >= 15 is 0 Å². The summed E-state index contributed by atoms with van der Waals surface area (Å²) in [5.74, 6) is 1.64. The molecule has 2 fully saturated rings. The molecule has 0 atom stereocenters. The van der Waals surface area contributed by atoms with E-state index in [1.807, 2.05) is 6.07 Å². The summed E-state index contributed by atoms with van der Waals surface area (Å²) in [5.41, 5.74) is 4.47. The molecule has 0 radical (unpaired) electrons. The minimum atomic E-state index is 0.472. The second kappa shape index (κ2) is 9.43. The average Bonchev–Trinajstić information content (AvgIpc) is 3.10. The Balaban J connectivity index is 1.79. The minimum Gasteiger partial charge on any atom is -0.499 e. The monoisotopic (exact) mass is 416 g/mol. The van der Waals surface area contributed by atoms with Crippen LogP contribution in [0.4, 0.5) is 0 Å². The van der Waals surface area contributed by atoms with Gasteiger partial charge in [0.05, 0.1) is 0 Å². The van der Waals surface area contributed by atoms with Gasteiger partial charge in [-0.1, -0.05) is 88.9 Å². The van der Waals surface area contributed by atoms with E-state index in [4.69, 9.17) is 12.6 Å². The zero-order chi connectivity index (χ0) is 19.5. The van der Waals surface area contributed by atoms with Crippen LogP contribution in [0.2, 0.25) is 0 Å². The fraction of sp³-hybridized carbons (Fsp3) is 0.680. The number of rotatable bonds is 6. The highest BCUT2D eigenvalue weighted by Crippen LogP contribution is 2.44. The summed E-state index contributed by atoms with van der Waals surface area (Å²) in [6, 6.07) is 2.01. The van der Waals surface area contributed by atoms with E-state index < -0.39 is 0 Å². The largest absolute Gasteiger partial charge is 0.499 e. The van der Waals surface area contributed by atoms with Crippen LogP contribution in [-0.2, 0) is 19.3 Å². The third kappa shape index (κ3) is 4.41. The molecule has 2 aromatic rings. The third-order valence-corrected chi connectivity index (χ3v) is 8.73. The molecule has 0 unspecified atom stereocenters. The molecule has 1 aromatic carbocycles. The van der Waals surface area contributed by atoms with Crippen molar-refractivity contribution in [1.82, 2.24) is 0 Å². The van der Waals surface area contributed by atoms with Crippen LogP contribution in [0, 0.1) is 11.8 Å². The maximum absolute atomic E-state index is 10.4. The molecule has 0 spiro atoms. The van der Waals surface area contributed by atoms with Crippen molar-refractivity contribution in [2.24, 2.45) is 11.8 Å². The van der Waals surface area contributed by atoms with Crippen LogP contribution in [0.3, 0.4) is 0 Å². The Labute approximate surface area is 180 Å². The van der Waals surface area contributed by atoms with E-state index in [2.05, 4.69) is 6.92 Å². The average molecular weight is 417 g/mol. The Morgan fingerprint density at radius 2 is 1.46 bits per heavy atom. The number of hydrogen-bond donors (Lipinski definition) is 2. The van der Waals surface area contributed by atoms with Crippen LogP contribution in [0.1, 0.15) is 94.2 Å². The molecule has 2 aliphatic carbocycles. The maximum atomic E-state index is 10.4. The first-order chi connectivity index (χ1) is 13.7. The summed E-state index contributed by atoms with van der Waals surface area (Å²) < 4.78 is 1.37. The number of thiol groups is 1. The predicted molar refractivity (Wildman–Crippen MR) is 125 cm³/mol. The zero-order valence-electron chi connectivity index (χ0n) is 17.4. The van der Waals surface area contributed by atoms with E-state index in [1.54, 1.807) is 22.5 Å². The number of aryl methyl sites for hydroxylation is 1. The molecular formula is C25H36OS2. The lowest BCUT2D eigenvalue weighted by atomic mass is 9.79. The Kier molecular flexibility index (Phi) is 6.94. The smallest absolute Gasteiger partial charge is 0.172 e. The van der Waals surface area contributed by atoms with E-state index in [0.717, 1.165) is 24.7 Å². The van der Waals surface area contributed by atoms with E-state index in [1.165, 1.54) is 97.6 Å². The van der Waals surface area contributed by atoms with E-state index in [0.29, 0.717) is 5.06 Å². The number of fused-ring (bicyclic) bond motifs is 1. The number of benzene rings is 1. The van der Waals surface area contributed by atoms with Crippen molar-refractivity contribution in [2.75, 3.05) is 0 Å². The van der Waals surface area contributed by atoms with Crippen molar-refractivity contribution in [1.29, 1.82) is 0 Å². The lowest BCUT2D eigenvalue weighted by Gasteiger charge is -2.28. The number of aromatic hydroxyl groups is 1. The second-order valence-corrected chi connectivity index (χ2v) is 10.8. The summed E-state index contributed by atoms with van der Waals surface area (Å²) in [7, 11) is 0. The molecule has 2 saturated carbocycles. The highest BCUT2D eigenvalue weighted by Gasteiger charge is 2.25. The first-order valence-corrected chi connectivity index (χ1v) is 12.9. The van der Waals surface area contributed by atoms with Crippen molar-refractivity contribution in [2.45, 2.75) is 102 Å². The van der Waals surface area contributed by atoms with Crippen LogP contribution in [-0.4, -0.2) is 5.11 Å². The highest BCUT2D eigenvalue weighted by molar-refractivity contribution is 7.80. The summed E-state index contributed by atoms with van der Waals surface area (Å²) in [6.07, 6.45) is 18.5. The lowest BCUT2D eigenvalue weighted by Crippen LogP contribution is -2.15. The van der Waals surface area contributed by atoms with Crippen LogP contribution < -0.4 is 0 Å². The van der Waals surface area contributed by atoms with Gasteiger partial charge < -0.3 is 5.11 Å². The standard InChI is InChI=1S/C25H36OS2/c1-2-9-19-22-16-23(26)28-25(22)21(15-18-12-7-4-8-13-18)20(24(19)27)14-17-10-5-3-6-11-17/h16-18,26-27H,2-15H2,1H3. The molecule has 3 heteroatoms. The van der Waals surface area contributed by atoms with Crippen LogP contribution in [0.25, 0.3) is 10.1 Å². The lowest BCUT2D eigenvalue weighted by molar-refractivity contribution is 0.346. The molecule has 2 aliphatic rings. The van der Waals surface area contributed by atoms with Crippen molar-refractivity contribution in [3.05, 3.63) is 22.8 Å². The van der Waals surface area contributed by atoms with Gasteiger partial charge in [-0.15, -0.1) is 12.6 Å². The zero-order valence-corrected chi connectivity index (χ0v) is 19.1. The van der Waals surface area contributed by atoms with Gasteiger partial charge in [0.25, 0.3) is 0 Å². The van der Waals surface area contributed by atoms with Crippen molar-refractivity contribution < 1.29 is 5.11 Å². The first-order valence-electron chi connectivity index (χ1n) is 11.7. The third-order valence-electron chi connectivity index (χ3n) is 7.19. The second-order valence-electron chi connectivity index (χ2n) is 9.28. The van der Waals surface area contributed by atoms with Gasteiger partial charge in [-0.05, 0) is 53.9 Å². The quantitative estimate of drug-likeness (QED) is 0.456. The van der Waals surface area contributed by atoms with Crippen LogP contribution in [0.15, 0.2) is 11.0 Å². The van der Waals surface area contributed by atoms with Gasteiger partial charge in [0.2, 0.25) is 0 Å². The molecule has 0 amide bonds. The number of thiophene rings is 1. The summed E-state index contributed by atoms with van der Waals surface area (Å²) >= 11 is 6.75. The molecule has 0 saturated heterocycles. The van der Waals surface area contributed by atoms with E-state index in [9.17, 15) is 5.11 Å². The van der Waals surface area contributed by atoms with Gasteiger partial charge in [-0.3, -0.25) is 0 Å². The molecule has 1 heterocycles. The van der Waals surface area contributed by atoms with Crippen molar-refractivity contribution in [3.8, 4) is 5.06 Å². The fourth-order valence-corrected chi connectivity index (χ4v) is 7.18. The minimum absolute atomic E-state index is 0.472. The van der Waals surface area contributed by atoms with Gasteiger partial charge >= 0.3 is 0 Å². The molecule has 1 nitrogen and oxygen atoms in total. The molecule has 0 bridgehead atoms. The van der Waals surface area contributed by atoms with Gasteiger partial charge in [0.1, 0.15) is 0 Å². The molecule has 0 aliphatic heterocycles. The van der Waals surface area contributed by atoms with E-state index in [-0.39, 0.29) is 0 Å². The summed E-state index contributed by atoms with van der Waals surface area (Å²) in [5, 5.41) is 12.1. The van der Waals surface area contributed by atoms with Crippen molar-refractivity contribution >= 4 is 34.1 Å². The van der Waals surface area contributed by atoms with Crippen LogP contribution in [0.5, 0.6) is 5.06 Å². The van der Waals surface area contributed by atoms with Crippen LogP contribution >= 0.6 is 24.0 Å². The molecular weight excluding hydrogens is 380 g/mol. The summed E-state index contributed by atoms with van der Waals surface area (Å²) in [6.45, 7) is 2.25. The summed E-state index contributed by atoms with van der Waals surface area (Å²) in [4.78, 5) is 1.25. The Bertz CT molecular complexity index is 795. The van der Waals surface area contributed by atoms with Crippen molar-refractivity contribution in [3.63, 3.8) is 0 Å². The molecule has 154 valence electrons. The van der Waals surface area contributed by atoms with Gasteiger partial charge in [-0.2, -0.15) is 0 Å². The van der Waals surface area contributed by atoms with Gasteiger partial charge in [-0.25, -0.2) is 0 Å². The highest BCUT2D eigenvalue weighted by atomic mass is 32.1. The normalized spacial score (nSPS) is 19.5. The first kappa shape index (κ1) is 20.6. The Morgan fingerprint density at radius 1 is 0.893 bits per heavy atom. The molecule has 4 rings (SSSR count). The molecule has 1 N–H and O–H groups in total. The molecule has 28 heavy (non-hydrogen) atoms. The van der Waals surface area contributed by atoms with Gasteiger partial charge in [0.15, 0.2) is 5.06 Å². The molecule has 1 aromatic heterocycles. The Hall–Kier alpha value is -0.670. The fourth-order valence-electron chi connectivity index (χ4n) is 5.71. The number of hydrogen-bond acceptors (Lipinski definition) is 3. The predicted octanol–water partition coefficient (Wildman–Crippen LogP) is 8.09.